The van der Waals surface area contributed by atoms with Crippen molar-refractivity contribution in [2.45, 2.75) is 27.2 Å². The summed E-state index contributed by atoms with van der Waals surface area (Å²) in [5.74, 6) is -0.0696. The van der Waals surface area contributed by atoms with Crippen molar-refractivity contribution in [1.29, 1.82) is 0 Å². The highest BCUT2D eigenvalue weighted by molar-refractivity contribution is 9.10. The van der Waals surface area contributed by atoms with Crippen LogP contribution in [0.4, 0.5) is 5.69 Å². The van der Waals surface area contributed by atoms with Gasteiger partial charge in [0.15, 0.2) is 0 Å². The number of aromatic nitrogens is 2. The highest BCUT2D eigenvalue weighted by Crippen LogP contribution is 2.27. The topological polar surface area (TPSA) is 46.4 Å². The fourth-order valence-corrected chi connectivity index (χ4v) is 3.64. The zero-order valence-corrected chi connectivity index (χ0v) is 18.2. The molecule has 5 heteroatoms. The van der Waals surface area contributed by atoms with Crippen molar-refractivity contribution in [3.05, 3.63) is 87.7 Å². The number of pyridine rings is 1. The van der Waals surface area contributed by atoms with E-state index in [-0.39, 0.29) is 12.3 Å². The Labute approximate surface area is 178 Å². The first-order valence-corrected chi connectivity index (χ1v) is 10.3. The number of amides is 1. The van der Waals surface area contributed by atoms with Crippen LogP contribution in [0, 0.1) is 20.8 Å². The summed E-state index contributed by atoms with van der Waals surface area (Å²) in [7, 11) is 0. The molecule has 29 heavy (non-hydrogen) atoms. The molecular formula is C24H22BrN3O. The van der Waals surface area contributed by atoms with Crippen LogP contribution in [0.25, 0.3) is 16.9 Å². The van der Waals surface area contributed by atoms with Gasteiger partial charge in [-0.15, -0.1) is 0 Å². The minimum atomic E-state index is -0.0696. The standard InChI is InChI=1S/C24H22BrN3O/c1-15-10-11-28-21(14-23(29)26-20-8-6-19(25)7-9-20)24(27-22(28)12-15)18-5-4-16(2)17(3)13-18/h4-13H,14H2,1-3H3,(H,26,29). The summed E-state index contributed by atoms with van der Waals surface area (Å²) in [6.07, 6.45) is 2.23. The lowest BCUT2D eigenvalue weighted by atomic mass is 10.0. The molecule has 0 saturated heterocycles. The Kier molecular flexibility index (Phi) is 5.24. The number of anilines is 1. The zero-order valence-electron chi connectivity index (χ0n) is 16.7. The lowest BCUT2D eigenvalue weighted by Crippen LogP contribution is -2.16. The summed E-state index contributed by atoms with van der Waals surface area (Å²) in [4.78, 5) is 17.7. The summed E-state index contributed by atoms with van der Waals surface area (Å²) in [6.45, 7) is 6.24. The summed E-state index contributed by atoms with van der Waals surface area (Å²) in [6, 6.07) is 18.0. The predicted molar refractivity (Wildman–Crippen MR) is 121 cm³/mol. The molecule has 1 amide bonds. The molecule has 1 N–H and O–H groups in total. The molecule has 0 spiro atoms. The fraction of sp³-hybridized carbons (Fsp3) is 0.167. The number of carbonyl (C=O) groups is 1. The van der Waals surface area contributed by atoms with Crippen LogP contribution in [-0.4, -0.2) is 15.3 Å². The third-order valence-electron chi connectivity index (χ3n) is 5.12. The van der Waals surface area contributed by atoms with Gasteiger partial charge in [0, 0.05) is 21.9 Å². The molecule has 4 aromatic rings. The number of carbonyl (C=O) groups excluding carboxylic acids is 1. The number of rotatable bonds is 4. The number of nitrogens with one attached hydrogen (secondary N) is 1. The van der Waals surface area contributed by atoms with E-state index in [9.17, 15) is 4.79 Å². The van der Waals surface area contributed by atoms with Crippen molar-refractivity contribution >= 4 is 33.2 Å². The minimum Gasteiger partial charge on any atom is -0.326 e. The molecule has 0 aliphatic carbocycles. The van der Waals surface area contributed by atoms with E-state index in [0.29, 0.717) is 0 Å². The predicted octanol–water partition coefficient (Wildman–Crippen LogP) is 5.87. The van der Waals surface area contributed by atoms with Crippen LogP contribution < -0.4 is 5.32 Å². The first-order valence-electron chi connectivity index (χ1n) is 9.51. The molecule has 0 aliphatic heterocycles. The van der Waals surface area contributed by atoms with Gasteiger partial charge < -0.3 is 9.72 Å². The second-order valence-electron chi connectivity index (χ2n) is 7.37. The maximum Gasteiger partial charge on any atom is 0.230 e. The van der Waals surface area contributed by atoms with E-state index >= 15 is 0 Å². The van der Waals surface area contributed by atoms with E-state index in [1.807, 2.05) is 53.9 Å². The third kappa shape index (κ3) is 4.10. The van der Waals surface area contributed by atoms with Crippen LogP contribution in [0.5, 0.6) is 0 Å². The lowest BCUT2D eigenvalue weighted by Gasteiger charge is -2.09. The minimum absolute atomic E-state index is 0.0696. The maximum atomic E-state index is 12.8. The average Bonchev–Trinajstić information content (AvgIpc) is 3.03. The van der Waals surface area contributed by atoms with Crippen LogP contribution in [0.1, 0.15) is 22.4 Å². The van der Waals surface area contributed by atoms with Crippen molar-refractivity contribution in [1.82, 2.24) is 9.38 Å². The van der Waals surface area contributed by atoms with E-state index in [1.54, 1.807) is 0 Å². The van der Waals surface area contributed by atoms with Crippen LogP contribution in [-0.2, 0) is 11.2 Å². The first kappa shape index (κ1) is 19.4. The molecule has 0 atom stereocenters. The quantitative estimate of drug-likeness (QED) is 0.425. The van der Waals surface area contributed by atoms with Gasteiger partial charge in [-0.1, -0.05) is 28.1 Å². The third-order valence-corrected chi connectivity index (χ3v) is 5.65. The smallest absolute Gasteiger partial charge is 0.230 e. The summed E-state index contributed by atoms with van der Waals surface area (Å²) in [5.41, 5.74) is 7.98. The van der Waals surface area contributed by atoms with Crippen molar-refractivity contribution in [3.8, 4) is 11.3 Å². The monoisotopic (exact) mass is 447 g/mol. The molecule has 2 aromatic heterocycles. The molecule has 4 rings (SSSR count). The van der Waals surface area contributed by atoms with Gasteiger partial charge in [-0.25, -0.2) is 4.98 Å². The summed E-state index contributed by atoms with van der Waals surface area (Å²) in [5, 5.41) is 2.98. The largest absolute Gasteiger partial charge is 0.326 e. The normalized spacial score (nSPS) is 11.0. The first-order chi connectivity index (χ1) is 13.9. The second-order valence-corrected chi connectivity index (χ2v) is 8.29. The molecule has 0 unspecified atom stereocenters. The SMILES string of the molecule is Cc1ccn2c(CC(=O)Nc3ccc(Br)cc3)c(-c3ccc(C)c(C)c3)nc2c1. The van der Waals surface area contributed by atoms with E-state index in [4.69, 9.17) is 4.98 Å². The summed E-state index contributed by atoms with van der Waals surface area (Å²) < 4.78 is 2.99. The molecular weight excluding hydrogens is 426 g/mol. The van der Waals surface area contributed by atoms with Gasteiger partial charge in [0.05, 0.1) is 17.8 Å². The number of fused-ring (bicyclic) bond motifs is 1. The van der Waals surface area contributed by atoms with Crippen molar-refractivity contribution in [2.75, 3.05) is 5.32 Å². The highest BCUT2D eigenvalue weighted by atomic mass is 79.9. The zero-order chi connectivity index (χ0) is 20.5. The van der Waals surface area contributed by atoms with Crippen molar-refractivity contribution in [2.24, 2.45) is 0 Å². The van der Waals surface area contributed by atoms with Gasteiger partial charge in [-0.05, 0) is 79.9 Å². The van der Waals surface area contributed by atoms with E-state index in [2.05, 4.69) is 53.3 Å². The molecule has 2 aromatic carbocycles. The summed E-state index contributed by atoms with van der Waals surface area (Å²) >= 11 is 3.42. The van der Waals surface area contributed by atoms with Crippen molar-refractivity contribution in [3.63, 3.8) is 0 Å². The molecule has 2 heterocycles. The molecule has 0 saturated carbocycles. The highest BCUT2D eigenvalue weighted by Gasteiger charge is 2.18. The second kappa shape index (κ2) is 7.84. The van der Waals surface area contributed by atoms with Gasteiger partial charge in [0.1, 0.15) is 5.65 Å². The Hall–Kier alpha value is -2.92. The number of hydrogen-bond donors (Lipinski definition) is 1. The Morgan fingerprint density at radius 1 is 1.00 bits per heavy atom. The number of aryl methyl sites for hydroxylation is 3. The number of halogens is 1. The number of benzene rings is 2. The number of nitrogens with zero attached hydrogens (tertiary/aromatic N) is 2. The Bertz CT molecular complexity index is 1210. The van der Waals surface area contributed by atoms with Crippen LogP contribution in [0.2, 0.25) is 0 Å². The molecule has 0 radical (unpaired) electrons. The van der Waals surface area contributed by atoms with E-state index < -0.39 is 0 Å². The van der Waals surface area contributed by atoms with Gasteiger partial charge in [0.25, 0.3) is 0 Å². The molecule has 0 aliphatic rings. The molecule has 0 bridgehead atoms. The Morgan fingerprint density at radius 2 is 1.76 bits per heavy atom. The van der Waals surface area contributed by atoms with E-state index in [0.717, 1.165) is 38.3 Å². The van der Waals surface area contributed by atoms with Crippen LogP contribution in [0.15, 0.2) is 65.3 Å². The van der Waals surface area contributed by atoms with Gasteiger partial charge >= 0.3 is 0 Å². The van der Waals surface area contributed by atoms with Gasteiger partial charge in [-0.2, -0.15) is 0 Å². The molecule has 0 fully saturated rings. The number of imidazole rings is 1. The van der Waals surface area contributed by atoms with E-state index in [1.165, 1.54) is 11.1 Å². The molecule has 4 nitrogen and oxygen atoms in total. The maximum absolute atomic E-state index is 12.8. The Balaban J connectivity index is 1.74. The fourth-order valence-electron chi connectivity index (χ4n) is 3.38. The van der Waals surface area contributed by atoms with Crippen LogP contribution in [0.3, 0.4) is 0 Å². The number of hydrogen-bond acceptors (Lipinski definition) is 2. The average molecular weight is 448 g/mol. The van der Waals surface area contributed by atoms with Gasteiger partial charge in [0.2, 0.25) is 5.91 Å². The van der Waals surface area contributed by atoms with Gasteiger partial charge in [-0.3, -0.25) is 4.79 Å². The Morgan fingerprint density at radius 3 is 2.48 bits per heavy atom. The lowest BCUT2D eigenvalue weighted by molar-refractivity contribution is -0.115. The van der Waals surface area contributed by atoms with Crippen LogP contribution >= 0.6 is 15.9 Å². The van der Waals surface area contributed by atoms with Crippen molar-refractivity contribution < 1.29 is 4.79 Å². The molecule has 146 valence electrons.